The first-order chi connectivity index (χ1) is 7.76. The summed E-state index contributed by atoms with van der Waals surface area (Å²) in [4.78, 5) is 0. The highest BCUT2D eigenvalue weighted by Gasteiger charge is 2.01. The van der Waals surface area contributed by atoms with Gasteiger partial charge in [0.2, 0.25) is 0 Å². The molecule has 0 spiro atoms. The Morgan fingerprint density at radius 3 is 1.12 bits per heavy atom. The van der Waals surface area contributed by atoms with E-state index in [0.717, 1.165) is 5.92 Å². The average molecular weight is 230 g/mol. The molecule has 0 fully saturated rings. The molecule has 0 aliphatic heterocycles. The van der Waals surface area contributed by atoms with E-state index in [4.69, 9.17) is 0 Å². The Bertz CT molecular complexity index is 68.1. The van der Waals surface area contributed by atoms with Gasteiger partial charge in [0.15, 0.2) is 0 Å². The highest BCUT2D eigenvalue weighted by atomic mass is 14.1. The van der Waals surface area contributed by atoms with Gasteiger partial charge in [-0.25, -0.2) is 0 Å². The second-order valence-electron chi connectivity index (χ2n) is 4.21. The topological polar surface area (TPSA) is 0 Å². The normalized spacial score (nSPS) is 9.00. The maximum absolute atomic E-state index is 2.30. The zero-order valence-corrected chi connectivity index (χ0v) is 13.2. The summed E-state index contributed by atoms with van der Waals surface area (Å²) in [6, 6.07) is 0. The monoisotopic (exact) mass is 230 g/mol. The molecule has 0 aromatic rings. The van der Waals surface area contributed by atoms with Crippen molar-refractivity contribution in [3.63, 3.8) is 0 Å². The molecule has 102 valence electrons. The van der Waals surface area contributed by atoms with E-state index in [1.165, 1.54) is 51.4 Å². The fourth-order valence-corrected chi connectivity index (χ4v) is 1.72. The highest BCUT2D eigenvalue weighted by molar-refractivity contribution is 4.54. The van der Waals surface area contributed by atoms with Gasteiger partial charge in [-0.3, -0.25) is 0 Å². The second kappa shape index (κ2) is 24.3. The Labute approximate surface area is 106 Å². The van der Waals surface area contributed by atoms with Crippen molar-refractivity contribution in [3.8, 4) is 0 Å². The smallest absolute Gasteiger partial charge is 0.0417 e. The first kappa shape index (κ1) is 21.3. The number of rotatable bonds is 7. The van der Waals surface area contributed by atoms with Crippen molar-refractivity contribution < 1.29 is 0 Å². The van der Waals surface area contributed by atoms with Crippen LogP contribution in [0.15, 0.2) is 0 Å². The van der Waals surface area contributed by atoms with Crippen LogP contribution in [0.5, 0.6) is 0 Å². The summed E-state index contributed by atoms with van der Waals surface area (Å²) < 4.78 is 0. The van der Waals surface area contributed by atoms with E-state index in [0.29, 0.717) is 0 Å². The lowest BCUT2D eigenvalue weighted by atomic mass is 9.96. The Morgan fingerprint density at radius 1 is 0.625 bits per heavy atom. The molecule has 16 heavy (non-hydrogen) atoms. The summed E-state index contributed by atoms with van der Waals surface area (Å²) in [5, 5.41) is 0. The Balaban J connectivity index is -0.000000205. The molecular weight excluding hydrogens is 192 g/mol. The third kappa shape index (κ3) is 23.7. The summed E-state index contributed by atoms with van der Waals surface area (Å²) in [5.74, 6) is 1.01. The Hall–Kier alpha value is 0. The van der Waals surface area contributed by atoms with E-state index in [1.807, 2.05) is 13.8 Å². The van der Waals surface area contributed by atoms with Gasteiger partial charge in [0, 0.05) is 0 Å². The van der Waals surface area contributed by atoms with Gasteiger partial charge in [-0.2, -0.15) is 0 Å². The molecule has 0 amide bonds. The zero-order chi connectivity index (χ0) is 13.2. The second-order valence-corrected chi connectivity index (χ2v) is 4.21. The van der Waals surface area contributed by atoms with E-state index in [1.54, 1.807) is 0 Å². The minimum Gasteiger partial charge on any atom is -0.0683 e. The third-order valence-corrected chi connectivity index (χ3v) is 2.68. The molecule has 0 atom stereocenters. The fraction of sp³-hybridized carbons (Fsp3) is 1.00. The summed E-state index contributed by atoms with van der Waals surface area (Å²) in [6.07, 6.45) is 11.0. The minimum atomic E-state index is 1.01. The van der Waals surface area contributed by atoms with E-state index in [-0.39, 0.29) is 0 Å². The van der Waals surface area contributed by atoms with Crippen LogP contribution in [0, 0.1) is 5.92 Å². The SMILES string of the molecule is CC.CCCC(CC)CCC.CCCCC. The Morgan fingerprint density at radius 2 is 1.00 bits per heavy atom. The molecule has 0 heterocycles. The van der Waals surface area contributed by atoms with Gasteiger partial charge in [-0.15, -0.1) is 0 Å². The summed E-state index contributed by atoms with van der Waals surface area (Å²) >= 11 is 0. The van der Waals surface area contributed by atoms with Crippen LogP contribution in [-0.2, 0) is 0 Å². The van der Waals surface area contributed by atoms with Crippen LogP contribution in [0.2, 0.25) is 0 Å². The maximum Gasteiger partial charge on any atom is -0.0417 e. The quantitative estimate of drug-likeness (QED) is 0.449. The fourth-order valence-electron chi connectivity index (χ4n) is 1.72. The molecule has 0 bridgehead atoms. The summed E-state index contributed by atoms with van der Waals surface area (Å²) in [6.45, 7) is 15.3. The first-order valence-electron chi connectivity index (χ1n) is 7.76. The average Bonchev–Trinajstić information content (AvgIpc) is 2.33. The van der Waals surface area contributed by atoms with Crippen LogP contribution in [0.4, 0.5) is 0 Å². The van der Waals surface area contributed by atoms with Crippen molar-refractivity contribution in [2.45, 2.75) is 99.8 Å². The molecule has 0 rings (SSSR count). The van der Waals surface area contributed by atoms with Crippen molar-refractivity contribution in [2.24, 2.45) is 5.92 Å². The van der Waals surface area contributed by atoms with Crippen molar-refractivity contribution in [3.05, 3.63) is 0 Å². The standard InChI is InChI=1S/C9H20.C5H12.C2H6/c1-4-7-9(6-3)8-5-2;1-3-5-4-2;1-2/h9H,4-8H2,1-3H3;3-5H2,1-2H3;1-2H3. The van der Waals surface area contributed by atoms with Crippen molar-refractivity contribution in [2.75, 3.05) is 0 Å². The summed E-state index contributed by atoms with van der Waals surface area (Å²) in [7, 11) is 0. The molecule has 0 saturated carbocycles. The van der Waals surface area contributed by atoms with E-state index >= 15 is 0 Å². The lowest BCUT2D eigenvalue weighted by molar-refractivity contribution is 0.427. The minimum absolute atomic E-state index is 1.01. The van der Waals surface area contributed by atoms with Crippen molar-refractivity contribution >= 4 is 0 Å². The lowest BCUT2D eigenvalue weighted by Gasteiger charge is -2.10. The molecule has 0 unspecified atom stereocenters. The lowest BCUT2D eigenvalue weighted by Crippen LogP contribution is -1.96. The molecule has 0 nitrogen and oxygen atoms in total. The number of hydrogen-bond donors (Lipinski definition) is 0. The van der Waals surface area contributed by atoms with Gasteiger partial charge < -0.3 is 0 Å². The van der Waals surface area contributed by atoms with Crippen LogP contribution in [0.25, 0.3) is 0 Å². The van der Waals surface area contributed by atoms with Crippen molar-refractivity contribution in [1.82, 2.24) is 0 Å². The molecule has 0 aromatic carbocycles. The van der Waals surface area contributed by atoms with E-state index in [2.05, 4.69) is 34.6 Å². The van der Waals surface area contributed by atoms with Crippen LogP contribution in [0.3, 0.4) is 0 Å². The third-order valence-electron chi connectivity index (χ3n) is 2.68. The first-order valence-corrected chi connectivity index (χ1v) is 7.76. The number of unbranched alkanes of at least 4 members (excludes halogenated alkanes) is 2. The van der Waals surface area contributed by atoms with Gasteiger partial charge in [-0.1, -0.05) is 99.8 Å². The Kier molecular flexibility index (Phi) is 32.3. The molecule has 0 aromatic heterocycles. The van der Waals surface area contributed by atoms with Crippen LogP contribution < -0.4 is 0 Å². The van der Waals surface area contributed by atoms with Crippen LogP contribution in [-0.4, -0.2) is 0 Å². The van der Waals surface area contributed by atoms with Gasteiger partial charge in [-0.05, 0) is 5.92 Å². The summed E-state index contributed by atoms with van der Waals surface area (Å²) in [5.41, 5.74) is 0. The largest absolute Gasteiger partial charge is 0.0683 e. The van der Waals surface area contributed by atoms with E-state index in [9.17, 15) is 0 Å². The van der Waals surface area contributed by atoms with Crippen LogP contribution in [0.1, 0.15) is 99.8 Å². The van der Waals surface area contributed by atoms with E-state index < -0.39 is 0 Å². The van der Waals surface area contributed by atoms with Gasteiger partial charge in [0.25, 0.3) is 0 Å². The molecule has 0 aliphatic carbocycles. The number of hydrogen-bond acceptors (Lipinski definition) is 0. The maximum atomic E-state index is 2.30. The molecule has 0 aliphatic rings. The molecule has 0 saturated heterocycles. The molecular formula is C16H38. The molecule has 0 radical (unpaired) electrons. The molecule has 0 heteroatoms. The van der Waals surface area contributed by atoms with Gasteiger partial charge in [0.1, 0.15) is 0 Å². The zero-order valence-electron chi connectivity index (χ0n) is 13.2. The van der Waals surface area contributed by atoms with Gasteiger partial charge in [0.05, 0.1) is 0 Å². The molecule has 0 N–H and O–H groups in total. The van der Waals surface area contributed by atoms with Gasteiger partial charge >= 0.3 is 0 Å². The predicted molar refractivity (Wildman–Crippen MR) is 80.1 cm³/mol. The van der Waals surface area contributed by atoms with Crippen LogP contribution >= 0.6 is 0 Å². The highest BCUT2D eigenvalue weighted by Crippen LogP contribution is 2.16. The predicted octanol–water partition coefficient (Wildman–Crippen LogP) is 6.84. The van der Waals surface area contributed by atoms with Crippen molar-refractivity contribution in [1.29, 1.82) is 0 Å².